The van der Waals surface area contributed by atoms with Crippen LogP contribution < -0.4 is 0 Å². The van der Waals surface area contributed by atoms with Crippen molar-refractivity contribution < 1.29 is 18.3 Å². The number of hydrogen-bond acceptors (Lipinski definition) is 3. The second-order valence-corrected chi connectivity index (χ2v) is 6.42. The number of carboxylic acids is 1. The average Bonchev–Trinajstić information content (AvgIpc) is 2.38. The molecule has 110 valence electrons. The van der Waals surface area contributed by atoms with Crippen LogP contribution in [0.25, 0.3) is 0 Å². The van der Waals surface area contributed by atoms with Crippen molar-refractivity contribution in [3.05, 3.63) is 41.4 Å². The highest BCUT2D eigenvalue weighted by Gasteiger charge is 2.26. The summed E-state index contributed by atoms with van der Waals surface area (Å²) in [4.78, 5) is 10.7. The first-order chi connectivity index (χ1) is 9.34. The van der Waals surface area contributed by atoms with Crippen molar-refractivity contribution in [3.63, 3.8) is 0 Å². The van der Waals surface area contributed by atoms with Crippen LogP contribution in [0.15, 0.2) is 35.7 Å². The van der Waals surface area contributed by atoms with Crippen LogP contribution in [0.2, 0.25) is 5.02 Å². The molecule has 7 heteroatoms. The maximum absolute atomic E-state index is 12.5. The molecule has 0 heterocycles. The SMILES string of the molecule is C=CCN(CCC)S(=O)(=O)c1cc(C(=O)O)ccc1Cl. The molecule has 1 aromatic carbocycles. The van der Waals surface area contributed by atoms with E-state index in [-0.39, 0.29) is 22.0 Å². The van der Waals surface area contributed by atoms with Gasteiger partial charge in [-0.05, 0) is 24.6 Å². The van der Waals surface area contributed by atoms with E-state index in [0.29, 0.717) is 13.0 Å². The maximum atomic E-state index is 12.5. The van der Waals surface area contributed by atoms with Crippen LogP contribution in [-0.2, 0) is 10.0 Å². The van der Waals surface area contributed by atoms with Crippen molar-refractivity contribution in [3.8, 4) is 0 Å². The lowest BCUT2D eigenvalue weighted by Gasteiger charge is -2.20. The summed E-state index contributed by atoms with van der Waals surface area (Å²) in [7, 11) is -3.85. The van der Waals surface area contributed by atoms with Gasteiger partial charge in [0.15, 0.2) is 0 Å². The lowest BCUT2D eigenvalue weighted by molar-refractivity contribution is 0.0696. The first kappa shape index (κ1) is 16.7. The first-order valence-corrected chi connectivity index (χ1v) is 7.80. The number of halogens is 1. The molecule has 20 heavy (non-hydrogen) atoms. The summed E-state index contributed by atoms with van der Waals surface area (Å²) < 4.78 is 26.2. The number of benzene rings is 1. The predicted molar refractivity (Wildman–Crippen MR) is 77.7 cm³/mol. The number of nitrogens with zero attached hydrogens (tertiary/aromatic N) is 1. The largest absolute Gasteiger partial charge is 0.478 e. The fraction of sp³-hybridized carbons (Fsp3) is 0.308. The standard InChI is InChI=1S/C13H16ClNO4S/c1-3-7-15(8-4-2)20(18,19)12-9-10(13(16)17)5-6-11(12)14/h3,5-6,9H,1,4,7-8H2,2H3,(H,16,17). The Labute approximate surface area is 123 Å². The van der Waals surface area contributed by atoms with E-state index in [1.807, 2.05) is 6.92 Å². The highest BCUT2D eigenvalue weighted by molar-refractivity contribution is 7.89. The Kier molecular flexibility index (Phi) is 5.74. The molecule has 1 N–H and O–H groups in total. The van der Waals surface area contributed by atoms with Crippen molar-refractivity contribution in [2.24, 2.45) is 0 Å². The minimum absolute atomic E-state index is 0.000153. The van der Waals surface area contributed by atoms with Crippen LogP contribution in [0, 0.1) is 0 Å². The summed E-state index contributed by atoms with van der Waals surface area (Å²) in [6.45, 7) is 5.82. The molecule has 0 saturated heterocycles. The highest BCUT2D eigenvalue weighted by atomic mass is 35.5. The molecule has 0 amide bonds. The van der Waals surface area contributed by atoms with Crippen molar-refractivity contribution >= 4 is 27.6 Å². The molecule has 0 bridgehead atoms. The molecule has 0 atom stereocenters. The van der Waals surface area contributed by atoms with Gasteiger partial charge in [0.1, 0.15) is 4.90 Å². The molecule has 0 aliphatic rings. The van der Waals surface area contributed by atoms with Gasteiger partial charge in [0.25, 0.3) is 0 Å². The third-order valence-electron chi connectivity index (χ3n) is 2.60. The first-order valence-electron chi connectivity index (χ1n) is 5.98. The van der Waals surface area contributed by atoms with E-state index in [9.17, 15) is 13.2 Å². The molecule has 0 saturated carbocycles. The fourth-order valence-corrected chi connectivity index (χ4v) is 3.68. The van der Waals surface area contributed by atoms with E-state index in [4.69, 9.17) is 16.7 Å². The Morgan fingerprint density at radius 2 is 2.15 bits per heavy atom. The smallest absolute Gasteiger partial charge is 0.335 e. The third-order valence-corrected chi connectivity index (χ3v) is 4.95. The van der Waals surface area contributed by atoms with Gasteiger partial charge in [0.05, 0.1) is 10.6 Å². The van der Waals surface area contributed by atoms with E-state index >= 15 is 0 Å². The topological polar surface area (TPSA) is 74.7 Å². The summed E-state index contributed by atoms with van der Waals surface area (Å²) in [6.07, 6.45) is 2.10. The zero-order chi connectivity index (χ0) is 15.3. The van der Waals surface area contributed by atoms with E-state index in [1.54, 1.807) is 0 Å². The normalized spacial score (nSPS) is 11.6. The van der Waals surface area contributed by atoms with Crippen LogP contribution >= 0.6 is 11.6 Å². The summed E-state index contributed by atoms with van der Waals surface area (Å²) in [5, 5.41) is 8.94. The molecule has 1 rings (SSSR count). The summed E-state index contributed by atoms with van der Waals surface area (Å²) in [5.74, 6) is -1.20. The molecule has 5 nitrogen and oxygen atoms in total. The Hall–Kier alpha value is -1.37. The molecule has 0 aliphatic heterocycles. The molecule has 0 fully saturated rings. The van der Waals surface area contributed by atoms with Gasteiger partial charge in [-0.15, -0.1) is 6.58 Å². The van der Waals surface area contributed by atoms with Gasteiger partial charge >= 0.3 is 5.97 Å². The van der Waals surface area contributed by atoms with Gasteiger partial charge in [0.2, 0.25) is 10.0 Å². The zero-order valence-electron chi connectivity index (χ0n) is 11.0. The summed E-state index contributed by atoms with van der Waals surface area (Å²) in [5.41, 5.74) is -0.122. The number of hydrogen-bond donors (Lipinski definition) is 1. The monoisotopic (exact) mass is 317 g/mol. The van der Waals surface area contributed by atoms with E-state index < -0.39 is 16.0 Å². The van der Waals surface area contributed by atoms with Crippen LogP contribution in [-0.4, -0.2) is 36.9 Å². The maximum Gasteiger partial charge on any atom is 0.335 e. The number of aromatic carboxylic acids is 1. The molecular formula is C13H16ClNO4S. The number of sulfonamides is 1. The molecule has 0 aliphatic carbocycles. The Morgan fingerprint density at radius 1 is 1.50 bits per heavy atom. The molecular weight excluding hydrogens is 302 g/mol. The quantitative estimate of drug-likeness (QED) is 0.784. The van der Waals surface area contributed by atoms with Crippen LogP contribution in [0.1, 0.15) is 23.7 Å². The third kappa shape index (κ3) is 3.59. The molecule has 0 radical (unpaired) electrons. The van der Waals surface area contributed by atoms with E-state index in [1.165, 1.54) is 22.5 Å². The Morgan fingerprint density at radius 3 is 2.65 bits per heavy atom. The van der Waals surface area contributed by atoms with Gasteiger partial charge in [-0.3, -0.25) is 0 Å². The number of carboxylic acid groups (broad SMARTS) is 1. The van der Waals surface area contributed by atoms with Gasteiger partial charge in [-0.25, -0.2) is 13.2 Å². The number of rotatable bonds is 7. The second-order valence-electron chi connectivity index (χ2n) is 4.10. The van der Waals surface area contributed by atoms with E-state index in [0.717, 1.165) is 6.07 Å². The fourth-order valence-electron chi connectivity index (χ4n) is 1.68. The lowest BCUT2D eigenvalue weighted by Crippen LogP contribution is -2.32. The van der Waals surface area contributed by atoms with Crippen molar-refractivity contribution in [2.75, 3.05) is 13.1 Å². The molecule has 0 aromatic heterocycles. The Balaban J connectivity index is 3.35. The summed E-state index contributed by atoms with van der Waals surface area (Å²) in [6, 6.07) is 3.61. The summed E-state index contributed by atoms with van der Waals surface area (Å²) >= 11 is 5.91. The highest BCUT2D eigenvalue weighted by Crippen LogP contribution is 2.26. The molecule has 1 aromatic rings. The van der Waals surface area contributed by atoms with Crippen molar-refractivity contribution in [2.45, 2.75) is 18.2 Å². The lowest BCUT2D eigenvalue weighted by atomic mass is 10.2. The second kappa shape index (κ2) is 6.88. The predicted octanol–water partition coefficient (Wildman–Crippen LogP) is 2.62. The van der Waals surface area contributed by atoms with Crippen LogP contribution in [0.5, 0.6) is 0 Å². The van der Waals surface area contributed by atoms with Gasteiger partial charge in [-0.2, -0.15) is 4.31 Å². The molecule has 0 unspecified atom stereocenters. The van der Waals surface area contributed by atoms with Crippen LogP contribution in [0.4, 0.5) is 0 Å². The molecule has 0 spiro atoms. The minimum Gasteiger partial charge on any atom is -0.478 e. The van der Waals surface area contributed by atoms with Gasteiger partial charge < -0.3 is 5.11 Å². The minimum atomic E-state index is -3.85. The average molecular weight is 318 g/mol. The van der Waals surface area contributed by atoms with Crippen molar-refractivity contribution in [1.82, 2.24) is 4.31 Å². The van der Waals surface area contributed by atoms with Crippen LogP contribution in [0.3, 0.4) is 0 Å². The Bertz CT molecular complexity index is 613. The van der Waals surface area contributed by atoms with E-state index in [2.05, 4.69) is 6.58 Å². The van der Waals surface area contributed by atoms with Gasteiger partial charge in [0, 0.05) is 13.1 Å². The number of carbonyl (C=O) groups is 1. The zero-order valence-corrected chi connectivity index (χ0v) is 12.6. The van der Waals surface area contributed by atoms with Crippen molar-refractivity contribution in [1.29, 1.82) is 0 Å². The van der Waals surface area contributed by atoms with Gasteiger partial charge in [-0.1, -0.05) is 24.6 Å².